The number of nitrogens with one attached hydrogen (secondary N) is 1. The molecule has 34 heavy (non-hydrogen) atoms. The molecular formula is C28H25Cl2NO3. The lowest BCUT2D eigenvalue weighted by Gasteiger charge is -2.19. The smallest absolute Gasteiger partial charge is 0.335 e. The topological polar surface area (TPSA) is 58.6 Å². The van der Waals surface area contributed by atoms with Crippen LogP contribution in [0.3, 0.4) is 0 Å². The summed E-state index contributed by atoms with van der Waals surface area (Å²) >= 11 is 12.8. The van der Waals surface area contributed by atoms with E-state index in [2.05, 4.69) is 17.4 Å². The van der Waals surface area contributed by atoms with E-state index >= 15 is 0 Å². The van der Waals surface area contributed by atoms with Crippen LogP contribution in [-0.2, 0) is 6.42 Å². The number of hydrogen-bond donors (Lipinski definition) is 2. The maximum Gasteiger partial charge on any atom is 0.335 e. The normalized spacial score (nSPS) is 17.9. The van der Waals surface area contributed by atoms with Crippen molar-refractivity contribution in [2.75, 3.05) is 13.1 Å². The van der Waals surface area contributed by atoms with Crippen LogP contribution in [0.4, 0.5) is 0 Å². The third-order valence-electron chi connectivity index (χ3n) is 6.51. The number of carboxylic acid groups (broad SMARTS) is 1. The summed E-state index contributed by atoms with van der Waals surface area (Å²) in [6.45, 7) is 1.85. The summed E-state index contributed by atoms with van der Waals surface area (Å²) in [5, 5.41) is 14.0. The maximum absolute atomic E-state index is 11.6. The van der Waals surface area contributed by atoms with E-state index in [0.717, 1.165) is 77.9 Å². The molecule has 0 radical (unpaired) electrons. The van der Waals surface area contributed by atoms with Gasteiger partial charge in [0.05, 0.1) is 5.56 Å². The highest BCUT2D eigenvalue weighted by atomic mass is 35.5. The molecule has 0 spiro atoms. The van der Waals surface area contributed by atoms with Gasteiger partial charge < -0.3 is 15.2 Å². The molecular weight excluding hydrogens is 469 g/mol. The molecule has 6 heteroatoms. The zero-order chi connectivity index (χ0) is 23.7. The zero-order valence-corrected chi connectivity index (χ0v) is 20.1. The van der Waals surface area contributed by atoms with Gasteiger partial charge in [-0.1, -0.05) is 47.5 Å². The van der Waals surface area contributed by atoms with Crippen molar-refractivity contribution in [1.29, 1.82) is 0 Å². The van der Waals surface area contributed by atoms with E-state index in [1.165, 1.54) is 0 Å². The van der Waals surface area contributed by atoms with Crippen LogP contribution in [-0.4, -0.2) is 30.3 Å². The van der Waals surface area contributed by atoms with Crippen molar-refractivity contribution in [2.24, 2.45) is 0 Å². The van der Waals surface area contributed by atoms with Crippen LogP contribution >= 0.6 is 23.2 Å². The number of carbonyl (C=O) groups is 1. The van der Waals surface area contributed by atoms with Gasteiger partial charge in [0.1, 0.15) is 11.9 Å². The molecule has 0 aromatic heterocycles. The minimum atomic E-state index is -0.915. The SMILES string of the molecule is O=C(O)c1ccc2c(c1)CCCC(c1ccc(Cl)cc1Cl)=C2c1ccc(O[C@@H]2CCNC2)cc1. The molecule has 0 bridgehead atoms. The fourth-order valence-electron chi connectivity index (χ4n) is 4.88. The Morgan fingerprint density at radius 2 is 1.76 bits per heavy atom. The largest absolute Gasteiger partial charge is 0.489 e. The molecule has 3 aromatic carbocycles. The average Bonchev–Trinajstić information content (AvgIpc) is 3.25. The molecule has 0 amide bonds. The van der Waals surface area contributed by atoms with Crippen molar-refractivity contribution in [2.45, 2.75) is 31.8 Å². The van der Waals surface area contributed by atoms with Crippen LogP contribution in [0, 0.1) is 0 Å². The molecule has 0 unspecified atom stereocenters. The van der Waals surface area contributed by atoms with Gasteiger partial charge in [0.2, 0.25) is 0 Å². The van der Waals surface area contributed by atoms with Gasteiger partial charge in [-0.2, -0.15) is 0 Å². The van der Waals surface area contributed by atoms with Gasteiger partial charge in [-0.15, -0.1) is 0 Å². The van der Waals surface area contributed by atoms with Gasteiger partial charge in [0.15, 0.2) is 0 Å². The molecule has 1 aliphatic carbocycles. The van der Waals surface area contributed by atoms with E-state index in [1.54, 1.807) is 18.2 Å². The van der Waals surface area contributed by atoms with E-state index in [0.29, 0.717) is 15.6 Å². The Hall–Kier alpha value is -2.79. The highest BCUT2D eigenvalue weighted by Crippen LogP contribution is 2.42. The van der Waals surface area contributed by atoms with Crippen LogP contribution in [0.2, 0.25) is 10.0 Å². The number of benzene rings is 3. The number of allylic oxidation sites excluding steroid dienone is 1. The minimum absolute atomic E-state index is 0.196. The molecule has 5 rings (SSSR count). The monoisotopic (exact) mass is 493 g/mol. The van der Waals surface area contributed by atoms with Gasteiger partial charge >= 0.3 is 5.97 Å². The van der Waals surface area contributed by atoms with Gasteiger partial charge in [-0.05, 0) is 102 Å². The van der Waals surface area contributed by atoms with E-state index in [1.807, 2.05) is 30.3 Å². The number of aromatic carboxylic acids is 1. The molecule has 1 atom stereocenters. The molecule has 1 saturated heterocycles. The maximum atomic E-state index is 11.6. The summed E-state index contributed by atoms with van der Waals surface area (Å²) < 4.78 is 6.12. The summed E-state index contributed by atoms with van der Waals surface area (Å²) in [4.78, 5) is 11.6. The Bertz CT molecular complexity index is 1260. The standard InChI is InChI=1S/C28H25Cl2NO3/c29-20-7-11-24(26(30)15-20)25-3-1-2-18-14-19(28(32)33)6-10-23(18)27(25)17-4-8-21(9-5-17)34-22-12-13-31-16-22/h4-11,14-15,22,31H,1-3,12-13,16H2,(H,32,33)/t22-/m1/s1. The Morgan fingerprint density at radius 3 is 2.47 bits per heavy atom. The second-order valence-corrected chi connectivity index (χ2v) is 9.61. The van der Waals surface area contributed by atoms with Gasteiger partial charge in [0.25, 0.3) is 0 Å². The lowest BCUT2D eigenvalue weighted by Crippen LogP contribution is -2.19. The number of halogens is 2. The fourth-order valence-corrected chi connectivity index (χ4v) is 5.40. The number of ether oxygens (including phenoxy) is 1. The first-order valence-electron chi connectivity index (χ1n) is 11.5. The highest BCUT2D eigenvalue weighted by Gasteiger charge is 2.23. The zero-order valence-electron chi connectivity index (χ0n) is 18.6. The quantitative estimate of drug-likeness (QED) is 0.413. The number of carboxylic acids is 1. The summed E-state index contributed by atoms with van der Waals surface area (Å²) in [7, 11) is 0. The Labute approximate surface area is 209 Å². The predicted molar refractivity (Wildman–Crippen MR) is 137 cm³/mol. The first kappa shape index (κ1) is 23.0. The van der Waals surface area contributed by atoms with Crippen molar-refractivity contribution in [3.05, 3.63) is 98.5 Å². The van der Waals surface area contributed by atoms with Crippen LogP contribution in [0.25, 0.3) is 11.1 Å². The molecule has 1 heterocycles. The average molecular weight is 494 g/mol. The minimum Gasteiger partial charge on any atom is -0.489 e. The van der Waals surface area contributed by atoms with E-state index < -0.39 is 5.97 Å². The molecule has 174 valence electrons. The molecule has 4 nitrogen and oxygen atoms in total. The third-order valence-corrected chi connectivity index (χ3v) is 7.06. The summed E-state index contributed by atoms with van der Waals surface area (Å²) in [6, 6.07) is 19.2. The molecule has 1 aliphatic heterocycles. The van der Waals surface area contributed by atoms with Crippen molar-refractivity contribution in [3.63, 3.8) is 0 Å². The van der Waals surface area contributed by atoms with E-state index in [-0.39, 0.29) is 6.10 Å². The Morgan fingerprint density at radius 1 is 0.971 bits per heavy atom. The molecule has 2 N–H and O–H groups in total. The first-order chi connectivity index (χ1) is 16.5. The summed E-state index contributed by atoms with van der Waals surface area (Å²) in [5.41, 5.74) is 6.59. The second-order valence-electron chi connectivity index (χ2n) is 8.77. The fraction of sp³-hybridized carbons (Fsp3) is 0.250. The second kappa shape index (κ2) is 9.83. The van der Waals surface area contributed by atoms with E-state index in [4.69, 9.17) is 27.9 Å². The Kier molecular flexibility index (Phi) is 6.64. The van der Waals surface area contributed by atoms with Gasteiger partial charge in [-0.3, -0.25) is 0 Å². The Balaban J connectivity index is 1.64. The predicted octanol–water partition coefficient (Wildman–Crippen LogP) is 6.73. The van der Waals surface area contributed by atoms with Crippen LogP contribution < -0.4 is 10.1 Å². The lowest BCUT2D eigenvalue weighted by atomic mass is 9.87. The third kappa shape index (κ3) is 4.72. The van der Waals surface area contributed by atoms with E-state index in [9.17, 15) is 9.90 Å². The van der Waals surface area contributed by atoms with Crippen LogP contribution in [0.1, 0.15) is 51.9 Å². The lowest BCUT2D eigenvalue weighted by molar-refractivity contribution is 0.0696. The van der Waals surface area contributed by atoms with Crippen molar-refractivity contribution >= 4 is 40.3 Å². The number of rotatable bonds is 5. The number of aryl methyl sites for hydroxylation is 1. The highest BCUT2D eigenvalue weighted by molar-refractivity contribution is 6.36. The van der Waals surface area contributed by atoms with Crippen molar-refractivity contribution in [1.82, 2.24) is 5.32 Å². The van der Waals surface area contributed by atoms with Crippen molar-refractivity contribution < 1.29 is 14.6 Å². The van der Waals surface area contributed by atoms with Crippen LogP contribution in [0.15, 0.2) is 60.7 Å². The molecule has 1 fully saturated rings. The van der Waals surface area contributed by atoms with Gasteiger partial charge in [0, 0.05) is 16.6 Å². The first-order valence-corrected chi connectivity index (χ1v) is 12.3. The summed E-state index contributed by atoms with van der Waals surface area (Å²) in [5.74, 6) is -0.0688. The molecule has 0 saturated carbocycles. The van der Waals surface area contributed by atoms with Crippen molar-refractivity contribution in [3.8, 4) is 5.75 Å². The number of fused-ring (bicyclic) bond motifs is 1. The number of hydrogen-bond acceptors (Lipinski definition) is 3. The molecule has 3 aromatic rings. The molecule has 2 aliphatic rings. The van der Waals surface area contributed by atoms with Gasteiger partial charge in [-0.25, -0.2) is 4.79 Å². The summed E-state index contributed by atoms with van der Waals surface area (Å²) in [6.07, 6.45) is 3.71. The van der Waals surface area contributed by atoms with Crippen LogP contribution in [0.5, 0.6) is 5.75 Å².